The predicted octanol–water partition coefficient (Wildman–Crippen LogP) is 5.10. The lowest BCUT2D eigenvalue weighted by atomic mass is 9.95. The van der Waals surface area contributed by atoms with Crippen LogP contribution in [0.2, 0.25) is 0 Å². The molecule has 4 rings (SSSR count). The third kappa shape index (κ3) is 6.00. The molecule has 1 aromatic heterocycles. The molecule has 0 radical (unpaired) electrons. The number of aliphatic hydroxyl groups is 1. The smallest absolute Gasteiger partial charge is 0.406 e. The zero-order chi connectivity index (χ0) is 26.8. The highest BCUT2D eigenvalue weighted by Gasteiger charge is 2.33. The summed E-state index contributed by atoms with van der Waals surface area (Å²) in [6, 6.07) is 10.2. The van der Waals surface area contributed by atoms with Crippen LogP contribution in [0.3, 0.4) is 0 Å². The van der Waals surface area contributed by atoms with Crippen molar-refractivity contribution in [3.8, 4) is 5.75 Å². The maximum absolute atomic E-state index is 13.8. The summed E-state index contributed by atoms with van der Waals surface area (Å²) in [4.78, 5) is 6.05. The number of benzene rings is 2. The molecule has 2 heterocycles. The number of sulfone groups is 1. The van der Waals surface area contributed by atoms with Crippen LogP contribution >= 0.6 is 0 Å². The van der Waals surface area contributed by atoms with Crippen molar-refractivity contribution in [1.82, 2.24) is 4.98 Å². The molecule has 1 atom stereocenters. The first kappa shape index (κ1) is 27.2. The van der Waals surface area contributed by atoms with E-state index < -0.39 is 28.2 Å². The van der Waals surface area contributed by atoms with Crippen LogP contribution in [0.5, 0.6) is 5.75 Å². The van der Waals surface area contributed by atoms with E-state index in [1.165, 1.54) is 30.5 Å². The Morgan fingerprint density at radius 3 is 2.38 bits per heavy atom. The molecule has 200 valence electrons. The maximum atomic E-state index is 13.8. The summed E-state index contributed by atoms with van der Waals surface area (Å²) < 4.78 is 75.8. The molecule has 1 fully saturated rings. The van der Waals surface area contributed by atoms with E-state index in [0.717, 1.165) is 18.1 Å². The van der Waals surface area contributed by atoms with Gasteiger partial charge in [-0.1, -0.05) is 19.1 Å². The molecule has 0 saturated carbocycles. The number of aromatic nitrogens is 1. The second kappa shape index (κ2) is 10.8. The van der Waals surface area contributed by atoms with Gasteiger partial charge in [0.25, 0.3) is 0 Å². The molecule has 11 heteroatoms. The molecule has 1 aliphatic rings. The predicted molar refractivity (Wildman–Crippen MR) is 132 cm³/mol. The SMILES string of the molecule is CCOC(O)C1CCN(c2c(S(=O)(=O)c3ccc(CC)cc3)cnc3ccc(OC(F)(F)F)cc23)CC1. The number of alkyl halides is 3. The van der Waals surface area contributed by atoms with E-state index in [0.29, 0.717) is 38.1 Å². The van der Waals surface area contributed by atoms with Crippen LogP contribution < -0.4 is 9.64 Å². The van der Waals surface area contributed by atoms with Crippen molar-refractivity contribution in [2.45, 2.75) is 55.6 Å². The highest BCUT2D eigenvalue weighted by Crippen LogP contribution is 2.40. The Kier molecular flexibility index (Phi) is 7.96. The summed E-state index contributed by atoms with van der Waals surface area (Å²) in [6.45, 7) is 4.84. The summed E-state index contributed by atoms with van der Waals surface area (Å²) in [5.41, 5.74) is 1.57. The largest absolute Gasteiger partial charge is 0.573 e. The van der Waals surface area contributed by atoms with Gasteiger partial charge in [-0.15, -0.1) is 13.2 Å². The molecule has 0 amide bonds. The first-order valence-electron chi connectivity index (χ1n) is 12.1. The van der Waals surface area contributed by atoms with Gasteiger partial charge >= 0.3 is 6.36 Å². The normalized spacial score (nSPS) is 16.2. The highest BCUT2D eigenvalue weighted by molar-refractivity contribution is 7.91. The fraction of sp³-hybridized carbons (Fsp3) is 0.423. The summed E-state index contributed by atoms with van der Waals surface area (Å²) >= 11 is 0. The van der Waals surface area contributed by atoms with Gasteiger partial charge in [0.1, 0.15) is 10.6 Å². The fourth-order valence-electron chi connectivity index (χ4n) is 4.61. The Bertz CT molecular complexity index is 1340. The molecule has 3 aromatic rings. The van der Waals surface area contributed by atoms with Crippen LogP contribution in [0.1, 0.15) is 32.3 Å². The number of hydrogen-bond donors (Lipinski definition) is 1. The molecule has 37 heavy (non-hydrogen) atoms. The molecule has 2 aromatic carbocycles. The molecule has 1 unspecified atom stereocenters. The highest BCUT2D eigenvalue weighted by atomic mass is 32.2. The number of ether oxygens (including phenoxy) is 2. The van der Waals surface area contributed by atoms with Crippen LogP contribution in [0.15, 0.2) is 58.5 Å². The first-order valence-corrected chi connectivity index (χ1v) is 13.6. The Hall–Kier alpha value is -2.89. The summed E-state index contributed by atoms with van der Waals surface area (Å²) in [5, 5.41) is 10.5. The first-order chi connectivity index (χ1) is 17.5. The van der Waals surface area contributed by atoms with Gasteiger partial charge in [0, 0.05) is 37.2 Å². The van der Waals surface area contributed by atoms with Gasteiger partial charge in [0.05, 0.1) is 16.1 Å². The molecule has 1 aliphatic heterocycles. The Labute approximate surface area is 213 Å². The topological polar surface area (TPSA) is 89.0 Å². The lowest BCUT2D eigenvalue weighted by molar-refractivity contribution is -0.274. The summed E-state index contributed by atoms with van der Waals surface area (Å²) in [5.74, 6) is -0.610. The lowest BCUT2D eigenvalue weighted by Crippen LogP contribution is -2.39. The monoisotopic (exact) mass is 538 g/mol. The van der Waals surface area contributed by atoms with E-state index in [-0.39, 0.29) is 26.8 Å². The standard InChI is InChI=1S/C26H29F3N2O5S/c1-3-17-5-8-20(9-6-17)37(33,34)23-16-30-22-10-7-19(36-26(27,28)29)15-21(22)24(23)31-13-11-18(12-14-31)25(32)35-4-2/h5-10,15-16,18,25,32H,3-4,11-14H2,1-2H3. The van der Waals surface area contributed by atoms with Gasteiger partial charge in [-0.3, -0.25) is 4.98 Å². The lowest BCUT2D eigenvalue weighted by Gasteiger charge is -2.36. The minimum atomic E-state index is -4.90. The number of aliphatic hydroxyl groups excluding tert-OH is 1. The van der Waals surface area contributed by atoms with Crippen LogP contribution in [0.25, 0.3) is 10.9 Å². The van der Waals surface area contributed by atoms with E-state index in [4.69, 9.17) is 4.74 Å². The number of hydrogen-bond acceptors (Lipinski definition) is 7. The number of aryl methyl sites for hydroxylation is 1. The van der Waals surface area contributed by atoms with Crippen LogP contribution in [0.4, 0.5) is 18.9 Å². The molecule has 1 N–H and O–H groups in total. The second-order valence-corrected chi connectivity index (χ2v) is 10.8. The average molecular weight is 539 g/mol. The molecule has 0 aliphatic carbocycles. The van der Waals surface area contributed by atoms with E-state index >= 15 is 0 Å². The fourth-order valence-corrected chi connectivity index (χ4v) is 6.04. The van der Waals surface area contributed by atoms with Crippen LogP contribution in [0, 0.1) is 5.92 Å². The Morgan fingerprint density at radius 2 is 1.78 bits per heavy atom. The molecule has 1 saturated heterocycles. The zero-order valence-corrected chi connectivity index (χ0v) is 21.3. The minimum Gasteiger partial charge on any atom is -0.406 e. The number of halogens is 3. The molecular weight excluding hydrogens is 509 g/mol. The van der Waals surface area contributed by atoms with Crippen LogP contribution in [-0.2, 0) is 21.0 Å². The number of rotatable bonds is 8. The van der Waals surface area contributed by atoms with Crippen molar-refractivity contribution >= 4 is 26.4 Å². The van der Waals surface area contributed by atoms with Gasteiger partial charge in [-0.05, 0) is 62.1 Å². The molecule has 0 spiro atoms. The Morgan fingerprint density at radius 1 is 1.11 bits per heavy atom. The maximum Gasteiger partial charge on any atom is 0.573 e. The molecule has 7 nitrogen and oxygen atoms in total. The average Bonchev–Trinajstić information content (AvgIpc) is 2.87. The third-order valence-electron chi connectivity index (χ3n) is 6.54. The van der Waals surface area contributed by atoms with Crippen LogP contribution in [-0.4, -0.2) is 50.9 Å². The van der Waals surface area contributed by atoms with E-state index in [2.05, 4.69) is 9.72 Å². The quantitative estimate of drug-likeness (QED) is 0.399. The van der Waals surface area contributed by atoms with E-state index in [1.807, 2.05) is 11.8 Å². The molecular formula is C26H29F3N2O5S. The van der Waals surface area contributed by atoms with Gasteiger partial charge in [0.15, 0.2) is 6.29 Å². The number of pyridine rings is 1. The van der Waals surface area contributed by atoms with Crippen molar-refractivity contribution < 1.29 is 36.2 Å². The minimum absolute atomic E-state index is 0.0662. The third-order valence-corrected chi connectivity index (χ3v) is 8.31. The second-order valence-electron chi connectivity index (χ2n) is 8.87. The number of anilines is 1. The van der Waals surface area contributed by atoms with Gasteiger partial charge in [-0.25, -0.2) is 8.42 Å². The van der Waals surface area contributed by atoms with Crippen molar-refractivity contribution in [3.63, 3.8) is 0 Å². The van der Waals surface area contributed by atoms with Gasteiger partial charge in [-0.2, -0.15) is 0 Å². The van der Waals surface area contributed by atoms with Crippen molar-refractivity contribution in [3.05, 3.63) is 54.2 Å². The van der Waals surface area contributed by atoms with Crippen molar-refractivity contribution in [2.75, 3.05) is 24.6 Å². The zero-order valence-electron chi connectivity index (χ0n) is 20.5. The van der Waals surface area contributed by atoms with E-state index in [9.17, 15) is 26.7 Å². The van der Waals surface area contributed by atoms with E-state index in [1.54, 1.807) is 19.1 Å². The molecule has 0 bridgehead atoms. The summed E-state index contributed by atoms with van der Waals surface area (Å²) in [6.07, 6.45) is -2.82. The van der Waals surface area contributed by atoms with Crippen molar-refractivity contribution in [2.24, 2.45) is 5.92 Å². The number of fused-ring (bicyclic) bond motifs is 1. The summed E-state index contributed by atoms with van der Waals surface area (Å²) in [7, 11) is -4.06. The van der Waals surface area contributed by atoms with Crippen molar-refractivity contribution in [1.29, 1.82) is 0 Å². The van der Waals surface area contributed by atoms with Gasteiger partial charge < -0.3 is 19.5 Å². The number of nitrogens with zero attached hydrogens (tertiary/aromatic N) is 2. The number of piperidine rings is 1. The van der Waals surface area contributed by atoms with Gasteiger partial charge in [0.2, 0.25) is 9.84 Å². The Balaban J connectivity index is 1.83.